The lowest BCUT2D eigenvalue weighted by Crippen LogP contribution is -2.37. The third kappa shape index (κ3) is 4.08. The second-order valence-electron chi connectivity index (χ2n) is 5.63. The van der Waals surface area contributed by atoms with Gasteiger partial charge < -0.3 is 10.2 Å². The molecule has 8 nitrogen and oxygen atoms in total. The molecule has 3 rings (SSSR count). The van der Waals surface area contributed by atoms with Crippen LogP contribution >= 0.6 is 11.6 Å². The Kier molecular flexibility index (Phi) is 5.05. The van der Waals surface area contributed by atoms with E-state index >= 15 is 0 Å². The van der Waals surface area contributed by atoms with Gasteiger partial charge in [0.1, 0.15) is 6.33 Å². The number of carbonyl (C=O) groups is 2. The Balaban J connectivity index is 1.47. The summed E-state index contributed by atoms with van der Waals surface area (Å²) in [7, 11) is 0. The number of carbonyl (C=O) groups excluding carboxylic acids is 2. The van der Waals surface area contributed by atoms with Crippen LogP contribution in [0.1, 0.15) is 19.3 Å². The third-order valence-electron chi connectivity index (χ3n) is 3.81. The van der Waals surface area contributed by atoms with Gasteiger partial charge in [-0.1, -0.05) is 11.6 Å². The maximum Gasteiger partial charge on any atom is 0.229 e. The Bertz CT molecular complexity index is 703. The fourth-order valence-corrected chi connectivity index (χ4v) is 2.79. The minimum absolute atomic E-state index is 0.00341. The summed E-state index contributed by atoms with van der Waals surface area (Å²) in [5.41, 5.74) is 0.792. The first-order valence-electron chi connectivity index (χ1n) is 7.68. The number of nitrogens with zero attached hydrogens (tertiary/aromatic N) is 5. The van der Waals surface area contributed by atoms with Gasteiger partial charge in [0.05, 0.1) is 6.04 Å². The first-order valence-corrected chi connectivity index (χ1v) is 8.05. The van der Waals surface area contributed by atoms with Crippen LogP contribution in [0.5, 0.6) is 0 Å². The van der Waals surface area contributed by atoms with E-state index in [4.69, 9.17) is 11.6 Å². The van der Waals surface area contributed by atoms with Crippen molar-refractivity contribution in [3.8, 4) is 0 Å². The van der Waals surface area contributed by atoms with Gasteiger partial charge in [-0.05, 0) is 41.1 Å². The van der Waals surface area contributed by atoms with Crippen molar-refractivity contribution in [1.82, 2.24) is 25.5 Å². The van der Waals surface area contributed by atoms with Crippen molar-refractivity contribution in [1.29, 1.82) is 0 Å². The molecule has 1 aliphatic rings. The number of aromatic nitrogens is 4. The van der Waals surface area contributed by atoms with Gasteiger partial charge in [-0.2, -0.15) is 0 Å². The Morgan fingerprint density at radius 2 is 2.12 bits per heavy atom. The second-order valence-corrected chi connectivity index (χ2v) is 6.06. The third-order valence-corrected chi connectivity index (χ3v) is 4.06. The van der Waals surface area contributed by atoms with Crippen LogP contribution in [0.25, 0.3) is 0 Å². The molecule has 2 amide bonds. The number of hydrogen-bond acceptors (Lipinski definition) is 5. The highest BCUT2D eigenvalue weighted by Gasteiger charge is 2.31. The molecule has 24 heavy (non-hydrogen) atoms. The lowest BCUT2D eigenvalue weighted by Gasteiger charge is -2.17. The number of aryl methyl sites for hydroxylation is 1. The molecule has 1 aromatic carbocycles. The number of anilines is 1. The van der Waals surface area contributed by atoms with Gasteiger partial charge in [0.15, 0.2) is 0 Å². The van der Waals surface area contributed by atoms with Crippen LogP contribution in [0, 0.1) is 0 Å². The van der Waals surface area contributed by atoms with Crippen LogP contribution in [0.15, 0.2) is 30.6 Å². The molecular weight excluding hydrogens is 332 g/mol. The maximum atomic E-state index is 12.1. The predicted octanol–water partition coefficient (Wildman–Crippen LogP) is 1.03. The van der Waals surface area contributed by atoms with E-state index in [0.29, 0.717) is 37.4 Å². The topological polar surface area (TPSA) is 93.0 Å². The summed E-state index contributed by atoms with van der Waals surface area (Å²) in [5.74, 6) is -0.0739. The van der Waals surface area contributed by atoms with Crippen molar-refractivity contribution < 1.29 is 9.59 Å². The zero-order valence-electron chi connectivity index (χ0n) is 12.9. The maximum absolute atomic E-state index is 12.1. The zero-order valence-corrected chi connectivity index (χ0v) is 13.7. The minimum Gasteiger partial charge on any atom is -0.351 e. The summed E-state index contributed by atoms with van der Waals surface area (Å²) in [4.78, 5) is 25.8. The van der Waals surface area contributed by atoms with Gasteiger partial charge in [-0.3, -0.25) is 9.59 Å². The molecular formula is C15H17ClN6O2. The summed E-state index contributed by atoms with van der Waals surface area (Å²) in [5, 5.41) is 14.3. The highest BCUT2D eigenvalue weighted by molar-refractivity contribution is 6.30. The van der Waals surface area contributed by atoms with E-state index in [1.54, 1.807) is 33.8 Å². The van der Waals surface area contributed by atoms with E-state index in [1.807, 2.05) is 0 Å². The van der Waals surface area contributed by atoms with Crippen LogP contribution in [-0.4, -0.2) is 44.6 Å². The van der Waals surface area contributed by atoms with Crippen LogP contribution in [0.2, 0.25) is 5.02 Å². The molecule has 1 aromatic heterocycles. The van der Waals surface area contributed by atoms with Gasteiger partial charge in [-0.15, -0.1) is 5.10 Å². The SMILES string of the molecule is O=C(CCCn1cnnn1)NC1CC(=O)N(c2ccc(Cl)cc2)C1. The van der Waals surface area contributed by atoms with Crippen molar-refractivity contribution in [3.05, 3.63) is 35.6 Å². The first-order chi connectivity index (χ1) is 11.6. The summed E-state index contributed by atoms with van der Waals surface area (Å²) in [6, 6.07) is 6.92. The Labute approximate surface area is 143 Å². The second kappa shape index (κ2) is 7.39. The molecule has 0 spiro atoms. The van der Waals surface area contributed by atoms with E-state index < -0.39 is 0 Å². The van der Waals surface area contributed by atoms with Crippen LogP contribution in [0.3, 0.4) is 0 Å². The van der Waals surface area contributed by atoms with Gasteiger partial charge in [0.2, 0.25) is 11.8 Å². The molecule has 1 atom stereocenters. The van der Waals surface area contributed by atoms with E-state index in [2.05, 4.69) is 20.8 Å². The molecule has 0 saturated carbocycles. The number of tetrazole rings is 1. The first kappa shape index (κ1) is 16.4. The fraction of sp³-hybridized carbons (Fsp3) is 0.400. The van der Waals surface area contributed by atoms with Crippen molar-refractivity contribution in [2.45, 2.75) is 31.8 Å². The molecule has 0 radical (unpaired) electrons. The molecule has 126 valence electrons. The lowest BCUT2D eigenvalue weighted by atomic mass is 10.2. The molecule has 0 aliphatic carbocycles. The van der Waals surface area contributed by atoms with E-state index in [-0.39, 0.29) is 17.9 Å². The molecule has 1 unspecified atom stereocenters. The quantitative estimate of drug-likeness (QED) is 0.841. The minimum atomic E-state index is -0.172. The molecule has 2 heterocycles. The Hall–Kier alpha value is -2.48. The number of nitrogens with one attached hydrogen (secondary N) is 1. The normalized spacial score (nSPS) is 17.3. The van der Waals surface area contributed by atoms with E-state index in [9.17, 15) is 9.59 Å². The van der Waals surface area contributed by atoms with Crippen molar-refractivity contribution >= 4 is 29.1 Å². The predicted molar refractivity (Wildman–Crippen MR) is 87.4 cm³/mol. The smallest absolute Gasteiger partial charge is 0.229 e. The van der Waals surface area contributed by atoms with Gasteiger partial charge in [0.25, 0.3) is 0 Å². The van der Waals surface area contributed by atoms with Gasteiger partial charge >= 0.3 is 0 Å². The summed E-state index contributed by atoms with van der Waals surface area (Å²) in [6.07, 6.45) is 2.82. The van der Waals surface area contributed by atoms with Crippen LogP contribution in [-0.2, 0) is 16.1 Å². The highest BCUT2D eigenvalue weighted by atomic mass is 35.5. The zero-order chi connectivity index (χ0) is 16.9. The highest BCUT2D eigenvalue weighted by Crippen LogP contribution is 2.23. The largest absolute Gasteiger partial charge is 0.351 e. The summed E-state index contributed by atoms with van der Waals surface area (Å²) >= 11 is 5.86. The monoisotopic (exact) mass is 348 g/mol. The molecule has 1 saturated heterocycles. The number of amides is 2. The lowest BCUT2D eigenvalue weighted by molar-refractivity contribution is -0.121. The summed E-state index contributed by atoms with van der Waals surface area (Å²) < 4.78 is 1.58. The Morgan fingerprint density at radius 1 is 1.33 bits per heavy atom. The van der Waals surface area contributed by atoms with Crippen molar-refractivity contribution in [2.24, 2.45) is 0 Å². The van der Waals surface area contributed by atoms with Gasteiger partial charge in [-0.25, -0.2) is 4.68 Å². The molecule has 1 N–H and O–H groups in total. The standard InChI is InChI=1S/C15H17ClN6O2/c16-11-3-5-13(6-4-11)22-9-12(8-15(22)24)18-14(23)2-1-7-21-10-17-19-20-21/h3-6,10,12H,1-2,7-9H2,(H,18,23). The summed E-state index contributed by atoms with van der Waals surface area (Å²) in [6.45, 7) is 1.06. The van der Waals surface area contributed by atoms with Crippen LogP contribution < -0.4 is 10.2 Å². The van der Waals surface area contributed by atoms with E-state index in [0.717, 1.165) is 5.69 Å². The number of benzene rings is 1. The molecule has 2 aromatic rings. The molecule has 0 bridgehead atoms. The Morgan fingerprint density at radius 3 is 2.83 bits per heavy atom. The molecule has 1 fully saturated rings. The fourth-order valence-electron chi connectivity index (χ4n) is 2.66. The molecule has 9 heteroatoms. The van der Waals surface area contributed by atoms with Crippen molar-refractivity contribution in [2.75, 3.05) is 11.4 Å². The average molecular weight is 349 g/mol. The number of rotatable bonds is 6. The number of halogens is 1. The van der Waals surface area contributed by atoms with Crippen molar-refractivity contribution in [3.63, 3.8) is 0 Å². The molecule has 1 aliphatic heterocycles. The van der Waals surface area contributed by atoms with Gasteiger partial charge in [0, 0.05) is 36.6 Å². The van der Waals surface area contributed by atoms with E-state index in [1.165, 1.54) is 6.33 Å². The number of hydrogen-bond donors (Lipinski definition) is 1. The average Bonchev–Trinajstić information content (AvgIpc) is 3.18. The van der Waals surface area contributed by atoms with Crippen LogP contribution in [0.4, 0.5) is 5.69 Å².